The zero-order chi connectivity index (χ0) is 20.8. The van der Waals surface area contributed by atoms with Crippen molar-refractivity contribution in [1.29, 1.82) is 0 Å². The smallest absolute Gasteiger partial charge is 0.256 e. The SMILES string of the molecule is COc1ccc(-c2cnc(NC(=O)c3ccccc3)c(Cc3ccccc3)n2)cc1. The maximum Gasteiger partial charge on any atom is 0.256 e. The van der Waals surface area contributed by atoms with Gasteiger partial charge in [-0.2, -0.15) is 0 Å². The fourth-order valence-electron chi connectivity index (χ4n) is 3.11. The highest BCUT2D eigenvalue weighted by molar-refractivity contribution is 6.04. The van der Waals surface area contributed by atoms with E-state index < -0.39 is 0 Å². The van der Waals surface area contributed by atoms with Crippen LogP contribution in [0, 0.1) is 0 Å². The monoisotopic (exact) mass is 395 g/mol. The molecule has 1 heterocycles. The van der Waals surface area contributed by atoms with Crippen LogP contribution in [0.1, 0.15) is 21.6 Å². The lowest BCUT2D eigenvalue weighted by molar-refractivity contribution is 0.102. The predicted octanol–water partition coefficient (Wildman–Crippen LogP) is 5.00. The van der Waals surface area contributed by atoms with Crippen LogP contribution >= 0.6 is 0 Å². The predicted molar refractivity (Wildman–Crippen MR) is 118 cm³/mol. The van der Waals surface area contributed by atoms with Crippen molar-refractivity contribution in [3.8, 4) is 17.0 Å². The molecule has 0 bridgehead atoms. The Kier molecular flexibility index (Phi) is 5.80. The third kappa shape index (κ3) is 4.52. The van der Waals surface area contributed by atoms with Crippen molar-refractivity contribution in [2.75, 3.05) is 12.4 Å². The number of methoxy groups -OCH3 is 1. The van der Waals surface area contributed by atoms with E-state index in [1.54, 1.807) is 25.4 Å². The quantitative estimate of drug-likeness (QED) is 0.499. The summed E-state index contributed by atoms with van der Waals surface area (Å²) < 4.78 is 5.23. The van der Waals surface area contributed by atoms with E-state index in [0.717, 1.165) is 22.6 Å². The number of amides is 1. The van der Waals surface area contributed by atoms with Crippen molar-refractivity contribution in [3.63, 3.8) is 0 Å². The van der Waals surface area contributed by atoms with Gasteiger partial charge in [-0.05, 0) is 42.0 Å². The molecule has 0 fully saturated rings. The molecule has 3 aromatic carbocycles. The second-order valence-corrected chi connectivity index (χ2v) is 6.76. The van der Waals surface area contributed by atoms with E-state index >= 15 is 0 Å². The highest BCUT2D eigenvalue weighted by Crippen LogP contribution is 2.24. The van der Waals surface area contributed by atoms with Crippen molar-refractivity contribution in [1.82, 2.24) is 9.97 Å². The molecule has 0 aliphatic rings. The lowest BCUT2D eigenvalue weighted by Gasteiger charge is -2.12. The lowest BCUT2D eigenvalue weighted by atomic mass is 10.1. The summed E-state index contributed by atoms with van der Waals surface area (Å²) in [6.45, 7) is 0. The summed E-state index contributed by atoms with van der Waals surface area (Å²) in [7, 11) is 1.64. The van der Waals surface area contributed by atoms with Crippen LogP contribution in [0.15, 0.2) is 91.1 Å². The molecule has 0 radical (unpaired) electrons. The van der Waals surface area contributed by atoms with Gasteiger partial charge >= 0.3 is 0 Å². The summed E-state index contributed by atoms with van der Waals surface area (Å²) in [6, 6.07) is 26.7. The summed E-state index contributed by atoms with van der Waals surface area (Å²) in [5, 5.41) is 2.91. The molecule has 0 aliphatic heterocycles. The molecule has 0 aliphatic carbocycles. The number of benzene rings is 3. The second-order valence-electron chi connectivity index (χ2n) is 6.76. The standard InChI is InChI=1S/C25H21N3O2/c1-30-21-14-12-19(13-15-21)23-17-26-24(28-25(29)20-10-6-3-7-11-20)22(27-23)16-18-8-4-2-5-9-18/h2-15,17H,16H2,1H3,(H,26,28,29). The van der Waals surface area contributed by atoms with Crippen molar-refractivity contribution in [2.45, 2.75) is 6.42 Å². The van der Waals surface area contributed by atoms with E-state index in [1.807, 2.05) is 72.8 Å². The fourth-order valence-corrected chi connectivity index (χ4v) is 3.11. The van der Waals surface area contributed by atoms with E-state index in [4.69, 9.17) is 9.72 Å². The molecule has 30 heavy (non-hydrogen) atoms. The van der Waals surface area contributed by atoms with Gasteiger partial charge in [0, 0.05) is 17.5 Å². The summed E-state index contributed by atoms with van der Waals surface area (Å²) >= 11 is 0. The molecule has 5 nitrogen and oxygen atoms in total. The van der Waals surface area contributed by atoms with Crippen LogP contribution in [-0.2, 0) is 6.42 Å². The molecule has 1 N–H and O–H groups in total. The van der Waals surface area contributed by atoms with Gasteiger partial charge in [-0.3, -0.25) is 4.79 Å². The van der Waals surface area contributed by atoms with E-state index in [-0.39, 0.29) is 5.91 Å². The van der Waals surface area contributed by atoms with Crippen molar-refractivity contribution < 1.29 is 9.53 Å². The third-order valence-electron chi connectivity index (χ3n) is 4.71. The van der Waals surface area contributed by atoms with E-state index in [2.05, 4.69) is 10.3 Å². The second kappa shape index (κ2) is 9.01. The molecule has 148 valence electrons. The van der Waals surface area contributed by atoms with Gasteiger partial charge in [-0.25, -0.2) is 9.97 Å². The lowest BCUT2D eigenvalue weighted by Crippen LogP contribution is -2.15. The Bertz CT molecular complexity index is 1130. The maximum absolute atomic E-state index is 12.7. The summed E-state index contributed by atoms with van der Waals surface area (Å²) in [5.41, 5.74) is 4.04. The van der Waals surface area contributed by atoms with E-state index in [1.165, 1.54) is 0 Å². The van der Waals surface area contributed by atoms with Crippen LogP contribution in [0.2, 0.25) is 0 Å². The van der Waals surface area contributed by atoms with Crippen LogP contribution < -0.4 is 10.1 Å². The van der Waals surface area contributed by atoms with Gasteiger partial charge < -0.3 is 10.1 Å². The van der Waals surface area contributed by atoms with E-state index in [0.29, 0.717) is 23.5 Å². The fraction of sp³-hybridized carbons (Fsp3) is 0.0800. The summed E-state index contributed by atoms with van der Waals surface area (Å²) in [5.74, 6) is 1.03. The number of rotatable bonds is 6. The van der Waals surface area contributed by atoms with Crippen molar-refractivity contribution >= 4 is 11.7 Å². The van der Waals surface area contributed by atoms with Crippen LogP contribution in [0.5, 0.6) is 5.75 Å². The Labute approximate surface area is 175 Å². The Morgan fingerprint density at radius 2 is 1.57 bits per heavy atom. The highest BCUT2D eigenvalue weighted by atomic mass is 16.5. The topological polar surface area (TPSA) is 64.1 Å². The van der Waals surface area contributed by atoms with Crippen LogP contribution in [0.4, 0.5) is 5.82 Å². The summed E-state index contributed by atoms with van der Waals surface area (Å²) in [6.07, 6.45) is 2.24. The molecule has 1 amide bonds. The molecule has 0 saturated carbocycles. The number of aromatic nitrogens is 2. The first-order valence-corrected chi connectivity index (χ1v) is 9.63. The van der Waals surface area contributed by atoms with Gasteiger partial charge in [-0.1, -0.05) is 48.5 Å². The zero-order valence-corrected chi connectivity index (χ0v) is 16.6. The molecule has 0 unspecified atom stereocenters. The van der Waals surface area contributed by atoms with Crippen LogP contribution in [0.3, 0.4) is 0 Å². The average Bonchev–Trinajstić information content (AvgIpc) is 2.81. The first-order valence-electron chi connectivity index (χ1n) is 9.63. The Morgan fingerprint density at radius 1 is 0.900 bits per heavy atom. The van der Waals surface area contributed by atoms with Gasteiger partial charge in [0.2, 0.25) is 0 Å². The Morgan fingerprint density at radius 3 is 2.23 bits per heavy atom. The van der Waals surface area contributed by atoms with Crippen LogP contribution in [0.25, 0.3) is 11.3 Å². The number of carbonyl (C=O) groups excluding carboxylic acids is 1. The Hall–Kier alpha value is -3.99. The molecule has 0 spiro atoms. The number of hydrogen-bond acceptors (Lipinski definition) is 4. The number of nitrogens with zero attached hydrogens (tertiary/aromatic N) is 2. The molecule has 0 atom stereocenters. The van der Waals surface area contributed by atoms with Gasteiger partial charge in [0.15, 0.2) is 5.82 Å². The molecule has 1 aromatic heterocycles. The minimum absolute atomic E-state index is 0.212. The average molecular weight is 395 g/mol. The van der Waals surface area contributed by atoms with Crippen LogP contribution in [-0.4, -0.2) is 23.0 Å². The molecule has 4 aromatic rings. The van der Waals surface area contributed by atoms with Gasteiger partial charge in [0.1, 0.15) is 5.75 Å². The van der Waals surface area contributed by atoms with Crippen molar-refractivity contribution in [3.05, 3.63) is 108 Å². The minimum atomic E-state index is -0.212. The normalized spacial score (nSPS) is 10.4. The largest absolute Gasteiger partial charge is 0.497 e. The number of nitrogens with one attached hydrogen (secondary N) is 1. The first kappa shape index (κ1) is 19.3. The maximum atomic E-state index is 12.7. The van der Waals surface area contributed by atoms with Gasteiger partial charge in [-0.15, -0.1) is 0 Å². The molecular formula is C25H21N3O2. The minimum Gasteiger partial charge on any atom is -0.497 e. The molecule has 4 rings (SSSR count). The van der Waals surface area contributed by atoms with Gasteiger partial charge in [0.05, 0.1) is 24.7 Å². The highest BCUT2D eigenvalue weighted by Gasteiger charge is 2.14. The number of hydrogen-bond donors (Lipinski definition) is 1. The molecule has 5 heteroatoms. The first-order chi connectivity index (χ1) is 14.7. The number of anilines is 1. The van der Waals surface area contributed by atoms with Crippen molar-refractivity contribution in [2.24, 2.45) is 0 Å². The molecular weight excluding hydrogens is 374 g/mol. The molecule has 0 saturated heterocycles. The summed E-state index contributed by atoms with van der Waals surface area (Å²) in [4.78, 5) is 22.0. The third-order valence-corrected chi connectivity index (χ3v) is 4.71. The van der Waals surface area contributed by atoms with Gasteiger partial charge in [0.25, 0.3) is 5.91 Å². The Balaban J connectivity index is 1.68. The zero-order valence-electron chi connectivity index (χ0n) is 16.6. The van der Waals surface area contributed by atoms with E-state index in [9.17, 15) is 4.79 Å². The number of carbonyl (C=O) groups is 1. The number of ether oxygens (including phenoxy) is 1.